The van der Waals surface area contributed by atoms with Crippen LogP contribution in [0.15, 0.2) is 107 Å². The van der Waals surface area contributed by atoms with Crippen LogP contribution in [0, 0.1) is 11.3 Å². The molecule has 3 aromatic rings. The van der Waals surface area contributed by atoms with Crippen molar-refractivity contribution in [2.24, 2.45) is 0 Å². The highest BCUT2D eigenvalue weighted by Gasteiger charge is 2.34. The van der Waals surface area contributed by atoms with Crippen LogP contribution in [0.1, 0.15) is 24.0 Å². The molecule has 164 valence electrons. The van der Waals surface area contributed by atoms with E-state index in [0.717, 1.165) is 16.2 Å². The molecular weight excluding hydrogens is 430 g/mol. The normalized spacial score (nSPS) is 15.6. The van der Waals surface area contributed by atoms with E-state index in [4.69, 9.17) is 0 Å². The van der Waals surface area contributed by atoms with Crippen LogP contribution >= 0.6 is 11.8 Å². The maximum Gasteiger partial charge on any atom is 0.254 e. The van der Waals surface area contributed by atoms with Crippen molar-refractivity contribution in [3.63, 3.8) is 0 Å². The molecular formula is C27H23N3O2S. The third kappa shape index (κ3) is 5.11. The maximum absolute atomic E-state index is 13.4. The van der Waals surface area contributed by atoms with E-state index in [0.29, 0.717) is 28.3 Å². The SMILES string of the molecule is CC1=C(C(=O)Nc2ccccc2)[C@H](c2ccc(O)cc2)C(C#N)=C(SCc2ccccc2)N1. The fourth-order valence-electron chi connectivity index (χ4n) is 3.78. The van der Waals surface area contributed by atoms with Gasteiger partial charge in [0.1, 0.15) is 5.75 Å². The van der Waals surface area contributed by atoms with Crippen LogP contribution in [-0.2, 0) is 10.5 Å². The zero-order valence-corrected chi connectivity index (χ0v) is 18.9. The summed E-state index contributed by atoms with van der Waals surface area (Å²) in [6.45, 7) is 1.85. The first-order chi connectivity index (χ1) is 16.1. The summed E-state index contributed by atoms with van der Waals surface area (Å²) in [4.78, 5) is 13.4. The van der Waals surface area contributed by atoms with Crippen LogP contribution in [0.25, 0.3) is 0 Å². The summed E-state index contributed by atoms with van der Waals surface area (Å²) in [5.41, 5.74) is 4.23. The van der Waals surface area contributed by atoms with Crippen LogP contribution in [0.2, 0.25) is 0 Å². The van der Waals surface area contributed by atoms with E-state index in [9.17, 15) is 15.2 Å². The average molecular weight is 454 g/mol. The standard InChI is InChI=1S/C27H23N3O2S/c1-18-24(26(32)30-21-10-6-3-7-11-21)25(20-12-14-22(31)15-13-20)23(16-28)27(29-18)33-17-19-8-4-2-5-9-19/h2-15,25,29,31H,17H2,1H3,(H,30,32)/t25-/m1/s1. The summed E-state index contributed by atoms with van der Waals surface area (Å²) < 4.78 is 0. The second-order valence-corrected chi connectivity index (χ2v) is 8.62. The molecule has 1 amide bonds. The topological polar surface area (TPSA) is 85.2 Å². The van der Waals surface area contributed by atoms with Gasteiger partial charge in [0.15, 0.2) is 0 Å². The largest absolute Gasteiger partial charge is 0.508 e. The Kier molecular flexibility index (Phi) is 6.82. The third-order valence-corrected chi connectivity index (χ3v) is 6.46. The summed E-state index contributed by atoms with van der Waals surface area (Å²) in [6.07, 6.45) is 0. The number of anilines is 1. The number of benzene rings is 3. The third-order valence-electron chi connectivity index (χ3n) is 5.38. The minimum Gasteiger partial charge on any atom is -0.508 e. The number of allylic oxidation sites excluding steroid dienone is 2. The summed E-state index contributed by atoms with van der Waals surface area (Å²) in [5, 5.41) is 26.9. The lowest BCUT2D eigenvalue weighted by atomic mass is 9.82. The monoisotopic (exact) mass is 453 g/mol. The molecule has 3 N–H and O–H groups in total. The van der Waals surface area contributed by atoms with Gasteiger partial charge in [-0.05, 0) is 42.3 Å². The second kappa shape index (κ2) is 10.1. The highest BCUT2D eigenvalue weighted by atomic mass is 32.2. The molecule has 33 heavy (non-hydrogen) atoms. The Morgan fingerprint density at radius 1 is 1.03 bits per heavy atom. The molecule has 1 atom stereocenters. The first-order valence-corrected chi connectivity index (χ1v) is 11.5. The molecule has 0 spiro atoms. The Morgan fingerprint density at radius 3 is 2.30 bits per heavy atom. The number of phenols is 1. The van der Waals surface area contributed by atoms with E-state index in [-0.39, 0.29) is 11.7 Å². The lowest BCUT2D eigenvalue weighted by Crippen LogP contribution is -2.30. The number of nitriles is 1. The van der Waals surface area contributed by atoms with E-state index in [1.807, 2.05) is 67.6 Å². The number of aromatic hydroxyl groups is 1. The molecule has 5 nitrogen and oxygen atoms in total. The van der Waals surface area contributed by atoms with Crippen molar-refractivity contribution in [1.29, 1.82) is 5.26 Å². The van der Waals surface area contributed by atoms with Gasteiger partial charge in [-0.2, -0.15) is 5.26 Å². The molecule has 0 aliphatic carbocycles. The highest BCUT2D eigenvalue weighted by Crippen LogP contribution is 2.41. The predicted octanol–water partition coefficient (Wildman–Crippen LogP) is 5.66. The van der Waals surface area contributed by atoms with Gasteiger partial charge in [-0.15, -0.1) is 11.8 Å². The molecule has 0 radical (unpaired) electrons. The van der Waals surface area contributed by atoms with Gasteiger partial charge in [0, 0.05) is 22.7 Å². The number of nitrogens with one attached hydrogen (secondary N) is 2. The minimum absolute atomic E-state index is 0.129. The zero-order valence-electron chi connectivity index (χ0n) is 18.1. The number of rotatable bonds is 6. The van der Waals surface area contributed by atoms with Crippen molar-refractivity contribution in [1.82, 2.24) is 5.32 Å². The molecule has 1 aliphatic rings. The van der Waals surface area contributed by atoms with Crippen molar-refractivity contribution in [2.75, 3.05) is 5.32 Å². The fourth-order valence-corrected chi connectivity index (χ4v) is 4.82. The molecule has 4 rings (SSSR count). The Hall–Kier alpha value is -3.95. The highest BCUT2D eigenvalue weighted by molar-refractivity contribution is 8.02. The average Bonchev–Trinajstić information content (AvgIpc) is 2.84. The van der Waals surface area contributed by atoms with E-state index in [2.05, 4.69) is 16.7 Å². The quantitative estimate of drug-likeness (QED) is 0.448. The maximum atomic E-state index is 13.4. The Balaban J connectivity index is 1.72. The van der Waals surface area contributed by atoms with Gasteiger partial charge in [0.2, 0.25) is 0 Å². The van der Waals surface area contributed by atoms with E-state index >= 15 is 0 Å². The lowest BCUT2D eigenvalue weighted by Gasteiger charge is -2.30. The lowest BCUT2D eigenvalue weighted by molar-refractivity contribution is -0.113. The van der Waals surface area contributed by atoms with Gasteiger partial charge >= 0.3 is 0 Å². The van der Waals surface area contributed by atoms with Crippen LogP contribution in [0.3, 0.4) is 0 Å². The van der Waals surface area contributed by atoms with E-state index in [1.165, 1.54) is 11.8 Å². The molecule has 1 aliphatic heterocycles. The second-order valence-electron chi connectivity index (χ2n) is 7.64. The van der Waals surface area contributed by atoms with Gasteiger partial charge in [0.05, 0.1) is 22.6 Å². The van der Waals surface area contributed by atoms with Crippen molar-refractivity contribution in [3.8, 4) is 11.8 Å². The summed E-state index contributed by atoms with van der Waals surface area (Å²) in [5.74, 6) is -0.0111. The van der Waals surface area contributed by atoms with Crippen molar-refractivity contribution in [3.05, 3.63) is 118 Å². The molecule has 0 saturated heterocycles. The number of dihydropyridines is 1. The number of phenolic OH excluding ortho intramolecular Hbond substituents is 1. The van der Waals surface area contributed by atoms with Crippen LogP contribution < -0.4 is 10.6 Å². The molecule has 6 heteroatoms. The Morgan fingerprint density at radius 2 is 1.67 bits per heavy atom. The molecule has 3 aromatic carbocycles. The number of hydrogen-bond donors (Lipinski definition) is 3. The number of carbonyl (C=O) groups excluding carboxylic acids is 1. The first kappa shape index (κ1) is 22.3. The number of carbonyl (C=O) groups is 1. The number of nitrogens with zero attached hydrogens (tertiary/aromatic N) is 1. The Labute approximate surface area is 197 Å². The number of para-hydroxylation sites is 1. The number of amides is 1. The summed E-state index contributed by atoms with van der Waals surface area (Å²) in [6, 6.07) is 28.3. The number of thioether (sulfide) groups is 1. The van der Waals surface area contributed by atoms with Crippen molar-refractivity contribution < 1.29 is 9.90 Å². The van der Waals surface area contributed by atoms with Gasteiger partial charge < -0.3 is 15.7 Å². The van der Waals surface area contributed by atoms with E-state index < -0.39 is 5.92 Å². The Bertz CT molecular complexity index is 1240. The zero-order chi connectivity index (χ0) is 23.2. The van der Waals surface area contributed by atoms with Crippen molar-refractivity contribution >= 4 is 23.4 Å². The van der Waals surface area contributed by atoms with Crippen LogP contribution in [0.4, 0.5) is 5.69 Å². The van der Waals surface area contributed by atoms with Crippen LogP contribution in [-0.4, -0.2) is 11.0 Å². The van der Waals surface area contributed by atoms with Gasteiger partial charge in [-0.1, -0.05) is 60.7 Å². The van der Waals surface area contributed by atoms with E-state index in [1.54, 1.807) is 24.3 Å². The molecule has 0 bridgehead atoms. The van der Waals surface area contributed by atoms with Crippen molar-refractivity contribution in [2.45, 2.75) is 18.6 Å². The minimum atomic E-state index is -0.557. The molecule has 0 saturated carbocycles. The molecule has 0 aromatic heterocycles. The van der Waals surface area contributed by atoms with Crippen LogP contribution in [0.5, 0.6) is 5.75 Å². The molecule has 0 fully saturated rings. The fraction of sp³-hybridized carbons (Fsp3) is 0.111. The van der Waals surface area contributed by atoms with Gasteiger partial charge in [-0.25, -0.2) is 0 Å². The summed E-state index contributed by atoms with van der Waals surface area (Å²) in [7, 11) is 0. The van der Waals surface area contributed by atoms with Gasteiger partial charge in [-0.3, -0.25) is 4.79 Å². The predicted molar refractivity (Wildman–Crippen MR) is 132 cm³/mol. The first-order valence-electron chi connectivity index (χ1n) is 10.5. The number of hydrogen-bond acceptors (Lipinski definition) is 5. The van der Waals surface area contributed by atoms with Gasteiger partial charge in [0.25, 0.3) is 5.91 Å². The molecule has 1 heterocycles. The smallest absolute Gasteiger partial charge is 0.254 e. The summed E-state index contributed by atoms with van der Waals surface area (Å²) >= 11 is 1.54. The molecule has 0 unspecified atom stereocenters.